The monoisotopic (exact) mass is 223 g/mol. The third kappa shape index (κ3) is 5.31. The number of imidazole rings is 1. The first kappa shape index (κ1) is 13.2. The summed E-state index contributed by atoms with van der Waals surface area (Å²) in [5.41, 5.74) is 0. The van der Waals surface area contributed by atoms with Crippen LogP contribution in [0, 0.1) is 0 Å². The summed E-state index contributed by atoms with van der Waals surface area (Å²) in [5.74, 6) is 0. The Bertz CT molecular complexity index is 244. The van der Waals surface area contributed by atoms with Gasteiger partial charge in [-0.2, -0.15) is 0 Å². The van der Waals surface area contributed by atoms with E-state index in [2.05, 4.69) is 28.7 Å². The maximum atomic E-state index is 4.03. The van der Waals surface area contributed by atoms with Crippen LogP contribution in [-0.4, -0.2) is 22.1 Å². The van der Waals surface area contributed by atoms with Gasteiger partial charge < -0.3 is 9.88 Å². The van der Waals surface area contributed by atoms with Gasteiger partial charge in [0.2, 0.25) is 0 Å². The van der Waals surface area contributed by atoms with E-state index in [9.17, 15) is 0 Å². The number of aryl methyl sites for hydroxylation is 1. The van der Waals surface area contributed by atoms with E-state index in [-0.39, 0.29) is 0 Å². The average Bonchev–Trinajstić information content (AvgIpc) is 2.80. The van der Waals surface area contributed by atoms with E-state index < -0.39 is 0 Å². The van der Waals surface area contributed by atoms with Crippen LogP contribution in [0.25, 0.3) is 0 Å². The number of nitrogens with one attached hydrogen (secondary N) is 1. The summed E-state index contributed by atoms with van der Waals surface area (Å²) in [6.07, 6.45) is 12.1. The van der Waals surface area contributed by atoms with E-state index in [1.54, 1.807) is 0 Å². The average molecular weight is 223 g/mol. The molecule has 0 aliphatic carbocycles. The Morgan fingerprint density at radius 3 is 2.81 bits per heavy atom. The predicted octanol–water partition coefficient (Wildman–Crippen LogP) is 2.83. The van der Waals surface area contributed by atoms with Gasteiger partial charge in [0.1, 0.15) is 0 Å². The summed E-state index contributed by atoms with van der Waals surface area (Å²) >= 11 is 0. The first-order chi connectivity index (χ1) is 7.86. The highest BCUT2D eigenvalue weighted by molar-refractivity contribution is 4.73. The Hall–Kier alpha value is -0.830. The predicted molar refractivity (Wildman–Crippen MR) is 68.5 cm³/mol. The van der Waals surface area contributed by atoms with E-state index in [1.165, 1.54) is 32.1 Å². The molecule has 0 aromatic carbocycles. The summed E-state index contributed by atoms with van der Waals surface area (Å²) in [4.78, 5) is 4.03. The zero-order valence-electron chi connectivity index (χ0n) is 10.7. The van der Waals surface area contributed by atoms with Crippen molar-refractivity contribution < 1.29 is 0 Å². The fourth-order valence-electron chi connectivity index (χ4n) is 1.94. The van der Waals surface area contributed by atoms with Crippen LogP contribution < -0.4 is 5.32 Å². The van der Waals surface area contributed by atoms with Crippen LogP contribution in [0.1, 0.15) is 46.0 Å². The minimum Gasteiger partial charge on any atom is -0.337 e. The molecule has 0 aliphatic rings. The lowest BCUT2D eigenvalue weighted by Gasteiger charge is -2.15. The molecule has 3 nitrogen and oxygen atoms in total. The van der Waals surface area contributed by atoms with Gasteiger partial charge in [0.25, 0.3) is 0 Å². The lowest BCUT2D eigenvalue weighted by atomic mass is 10.1. The second kappa shape index (κ2) is 8.34. The lowest BCUT2D eigenvalue weighted by molar-refractivity contribution is 0.449. The molecule has 0 amide bonds. The minimum atomic E-state index is 0.721. The molecule has 0 radical (unpaired) electrons. The molecule has 0 saturated carbocycles. The van der Waals surface area contributed by atoms with E-state index in [0.29, 0.717) is 0 Å². The largest absolute Gasteiger partial charge is 0.337 e. The van der Waals surface area contributed by atoms with Gasteiger partial charge >= 0.3 is 0 Å². The molecule has 1 aromatic rings. The zero-order valence-corrected chi connectivity index (χ0v) is 10.7. The quantitative estimate of drug-likeness (QED) is 0.652. The van der Waals surface area contributed by atoms with Crippen molar-refractivity contribution in [3.8, 4) is 0 Å². The molecule has 0 saturated heterocycles. The number of rotatable bonds is 9. The standard InChI is InChI=1S/C13H25N3/c1-3-7-13(4-2)15-8-5-6-10-16-11-9-14-12-16/h9,11-13,15H,3-8,10H2,1-2H3. The van der Waals surface area contributed by atoms with Crippen LogP contribution in [0.4, 0.5) is 0 Å². The van der Waals surface area contributed by atoms with Crippen LogP contribution in [0.5, 0.6) is 0 Å². The molecule has 1 N–H and O–H groups in total. The highest BCUT2D eigenvalue weighted by Gasteiger charge is 2.02. The molecule has 0 aliphatic heterocycles. The fourth-order valence-corrected chi connectivity index (χ4v) is 1.94. The maximum absolute atomic E-state index is 4.03. The Morgan fingerprint density at radius 2 is 2.19 bits per heavy atom. The minimum absolute atomic E-state index is 0.721. The molecule has 1 unspecified atom stereocenters. The molecule has 0 spiro atoms. The Kier molecular flexibility index (Phi) is 6.90. The van der Waals surface area contributed by atoms with Crippen molar-refractivity contribution in [1.29, 1.82) is 0 Å². The van der Waals surface area contributed by atoms with E-state index in [4.69, 9.17) is 0 Å². The second-order valence-electron chi connectivity index (χ2n) is 4.36. The Labute approximate surface area is 99.3 Å². The lowest BCUT2D eigenvalue weighted by Crippen LogP contribution is -2.29. The zero-order chi connectivity index (χ0) is 11.6. The normalized spacial score (nSPS) is 12.9. The number of unbranched alkanes of at least 4 members (excludes halogenated alkanes) is 1. The fraction of sp³-hybridized carbons (Fsp3) is 0.769. The molecule has 92 valence electrons. The smallest absolute Gasteiger partial charge is 0.0945 e. The van der Waals surface area contributed by atoms with Gasteiger partial charge in [-0.3, -0.25) is 0 Å². The number of nitrogens with zero attached hydrogens (tertiary/aromatic N) is 2. The molecule has 1 rings (SSSR count). The summed E-state index contributed by atoms with van der Waals surface area (Å²) in [6, 6.07) is 0.721. The van der Waals surface area contributed by atoms with Gasteiger partial charge in [0, 0.05) is 25.0 Å². The Balaban J connectivity index is 1.98. The van der Waals surface area contributed by atoms with Gasteiger partial charge in [0.15, 0.2) is 0 Å². The number of hydrogen-bond donors (Lipinski definition) is 1. The molecule has 3 heteroatoms. The van der Waals surface area contributed by atoms with Crippen LogP contribution in [0.15, 0.2) is 18.7 Å². The van der Waals surface area contributed by atoms with Crippen LogP contribution in [-0.2, 0) is 6.54 Å². The highest BCUT2D eigenvalue weighted by Crippen LogP contribution is 2.01. The molecular formula is C13H25N3. The molecule has 1 aromatic heterocycles. The van der Waals surface area contributed by atoms with Crippen molar-refractivity contribution in [2.24, 2.45) is 0 Å². The second-order valence-corrected chi connectivity index (χ2v) is 4.36. The topological polar surface area (TPSA) is 29.9 Å². The number of aromatic nitrogens is 2. The number of hydrogen-bond acceptors (Lipinski definition) is 2. The van der Waals surface area contributed by atoms with Crippen LogP contribution in [0.3, 0.4) is 0 Å². The highest BCUT2D eigenvalue weighted by atomic mass is 15.0. The first-order valence-electron chi connectivity index (χ1n) is 6.56. The summed E-state index contributed by atoms with van der Waals surface area (Å²) in [7, 11) is 0. The first-order valence-corrected chi connectivity index (χ1v) is 6.56. The van der Waals surface area contributed by atoms with Crippen LogP contribution in [0.2, 0.25) is 0 Å². The third-order valence-electron chi connectivity index (χ3n) is 2.97. The molecule has 16 heavy (non-hydrogen) atoms. The molecule has 1 atom stereocenters. The van der Waals surface area contributed by atoms with Crippen molar-refractivity contribution in [2.75, 3.05) is 6.54 Å². The van der Waals surface area contributed by atoms with Gasteiger partial charge in [0.05, 0.1) is 6.33 Å². The summed E-state index contributed by atoms with van der Waals surface area (Å²) in [6.45, 7) is 6.75. The van der Waals surface area contributed by atoms with Crippen LogP contribution >= 0.6 is 0 Å². The Morgan fingerprint density at radius 1 is 1.31 bits per heavy atom. The maximum Gasteiger partial charge on any atom is 0.0945 e. The van der Waals surface area contributed by atoms with Gasteiger partial charge in [-0.15, -0.1) is 0 Å². The molecule has 1 heterocycles. The van der Waals surface area contributed by atoms with E-state index in [1.807, 2.05) is 18.7 Å². The van der Waals surface area contributed by atoms with Gasteiger partial charge in [-0.05, 0) is 32.2 Å². The summed E-state index contributed by atoms with van der Waals surface area (Å²) in [5, 5.41) is 3.63. The van der Waals surface area contributed by atoms with Crippen molar-refractivity contribution in [3.05, 3.63) is 18.7 Å². The molecule has 0 fully saturated rings. The van der Waals surface area contributed by atoms with E-state index in [0.717, 1.165) is 19.1 Å². The van der Waals surface area contributed by atoms with Gasteiger partial charge in [-0.1, -0.05) is 20.3 Å². The SMILES string of the molecule is CCCC(CC)NCCCCn1ccnc1. The van der Waals surface area contributed by atoms with Crippen molar-refractivity contribution in [3.63, 3.8) is 0 Å². The molecule has 0 bridgehead atoms. The summed E-state index contributed by atoms with van der Waals surface area (Å²) < 4.78 is 2.14. The van der Waals surface area contributed by atoms with Gasteiger partial charge in [-0.25, -0.2) is 4.98 Å². The van der Waals surface area contributed by atoms with E-state index >= 15 is 0 Å². The van der Waals surface area contributed by atoms with Crippen molar-refractivity contribution in [2.45, 2.75) is 58.5 Å². The molecular weight excluding hydrogens is 198 g/mol. The third-order valence-corrected chi connectivity index (χ3v) is 2.97. The van der Waals surface area contributed by atoms with Crippen molar-refractivity contribution in [1.82, 2.24) is 14.9 Å². The van der Waals surface area contributed by atoms with Crippen molar-refractivity contribution >= 4 is 0 Å².